The monoisotopic (exact) mass is 446 g/mol. The number of aryl methyl sites for hydroxylation is 1. The molecule has 2 aliphatic heterocycles. The molecular weight excluding hydrogens is 416 g/mol. The van der Waals surface area contributed by atoms with Crippen molar-refractivity contribution < 1.29 is 15.0 Å². The lowest BCUT2D eigenvalue weighted by Gasteiger charge is -2.33. The zero-order valence-electron chi connectivity index (χ0n) is 18.8. The van der Waals surface area contributed by atoms with Gasteiger partial charge in [-0.2, -0.15) is 0 Å². The van der Waals surface area contributed by atoms with Crippen LogP contribution in [-0.4, -0.2) is 44.7 Å². The molecule has 0 bridgehead atoms. The second-order valence-electron chi connectivity index (χ2n) is 9.86. The quantitative estimate of drug-likeness (QED) is 0.567. The molecule has 0 radical (unpaired) electrons. The van der Waals surface area contributed by atoms with E-state index in [1.807, 2.05) is 19.1 Å². The van der Waals surface area contributed by atoms with Gasteiger partial charge in [-0.3, -0.25) is 10.2 Å². The third-order valence-electron chi connectivity index (χ3n) is 8.08. The van der Waals surface area contributed by atoms with E-state index in [-0.39, 0.29) is 18.0 Å². The van der Waals surface area contributed by atoms with Crippen LogP contribution in [0.1, 0.15) is 49.2 Å². The highest BCUT2D eigenvalue weighted by molar-refractivity contribution is 5.94. The third kappa shape index (κ3) is 3.25. The summed E-state index contributed by atoms with van der Waals surface area (Å²) >= 11 is 0. The van der Waals surface area contributed by atoms with Gasteiger partial charge in [-0.1, -0.05) is 30.3 Å². The molecule has 5 atom stereocenters. The van der Waals surface area contributed by atoms with E-state index in [1.54, 1.807) is 0 Å². The van der Waals surface area contributed by atoms with Crippen LogP contribution in [0.2, 0.25) is 0 Å². The van der Waals surface area contributed by atoms with Crippen molar-refractivity contribution in [3.8, 4) is 0 Å². The molecule has 33 heavy (non-hydrogen) atoms. The average molecular weight is 447 g/mol. The number of aliphatic hydroxyl groups excluding tert-OH is 1. The van der Waals surface area contributed by atoms with Gasteiger partial charge in [0.05, 0.1) is 16.7 Å². The number of fused-ring (bicyclic) bond motifs is 4. The molecule has 3 heterocycles. The predicted molar refractivity (Wildman–Crippen MR) is 127 cm³/mol. The number of aliphatic hydroxyl groups is 1. The Morgan fingerprint density at radius 2 is 1.94 bits per heavy atom. The van der Waals surface area contributed by atoms with E-state index in [4.69, 9.17) is 4.98 Å². The Hall–Kier alpha value is -2.90. The molecule has 1 saturated heterocycles. The minimum Gasteiger partial charge on any atom is -0.465 e. The Labute approximate surface area is 193 Å². The van der Waals surface area contributed by atoms with E-state index < -0.39 is 12.3 Å². The molecule has 3 aliphatic rings. The summed E-state index contributed by atoms with van der Waals surface area (Å²) in [5.41, 5.74) is 5.05. The van der Waals surface area contributed by atoms with E-state index in [9.17, 15) is 15.0 Å². The number of carboxylic acid groups (broad SMARTS) is 1. The first-order valence-electron chi connectivity index (χ1n) is 12.0. The number of aromatic nitrogens is 2. The van der Waals surface area contributed by atoms with E-state index in [0.29, 0.717) is 5.92 Å². The molecule has 3 N–H and O–H groups in total. The summed E-state index contributed by atoms with van der Waals surface area (Å²) in [5.74, 6) is 1.67. The number of rotatable bonds is 3. The number of benzene rings is 2. The van der Waals surface area contributed by atoms with E-state index in [2.05, 4.69) is 40.2 Å². The predicted octanol–water partition coefficient (Wildman–Crippen LogP) is 3.94. The lowest BCUT2D eigenvalue weighted by Crippen LogP contribution is -2.41. The fraction of sp³-hybridized carbons (Fsp3) is 0.462. The molecule has 1 saturated carbocycles. The molecule has 2 aromatic carbocycles. The molecule has 1 aliphatic carbocycles. The van der Waals surface area contributed by atoms with Crippen LogP contribution in [0.3, 0.4) is 0 Å². The molecule has 0 spiro atoms. The van der Waals surface area contributed by atoms with Crippen molar-refractivity contribution in [1.29, 1.82) is 0 Å². The highest BCUT2D eigenvalue weighted by Crippen LogP contribution is 2.47. The number of nitrogens with one attached hydrogen (secondary N) is 1. The van der Waals surface area contributed by atoms with E-state index in [0.717, 1.165) is 66.8 Å². The Bertz CT molecular complexity index is 1210. The fourth-order valence-corrected chi connectivity index (χ4v) is 6.50. The van der Waals surface area contributed by atoms with Gasteiger partial charge in [-0.15, -0.1) is 0 Å². The SMILES string of the molecule is C[C@H]1CCc2c(ccc3c2nc(Cc2ccccc2)n3[C@H]2CC[C@@H]3C(O)NC[C@H]32)N1C(=O)O. The van der Waals surface area contributed by atoms with Crippen LogP contribution in [0, 0.1) is 11.8 Å². The van der Waals surface area contributed by atoms with E-state index in [1.165, 1.54) is 10.5 Å². The number of hydrogen-bond donors (Lipinski definition) is 3. The van der Waals surface area contributed by atoms with Gasteiger partial charge in [-0.05, 0) is 56.2 Å². The topological polar surface area (TPSA) is 90.6 Å². The summed E-state index contributed by atoms with van der Waals surface area (Å²) in [7, 11) is 0. The van der Waals surface area contributed by atoms with Crippen molar-refractivity contribution in [3.63, 3.8) is 0 Å². The third-order valence-corrected chi connectivity index (χ3v) is 8.08. The molecule has 6 rings (SSSR count). The van der Waals surface area contributed by atoms with Crippen LogP contribution in [0.15, 0.2) is 42.5 Å². The first-order valence-corrected chi connectivity index (χ1v) is 12.0. The summed E-state index contributed by atoms with van der Waals surface area (Å²) in [5, 5.41) is 23.5. The molecule has 1 amide bonds. The average Bonchev–Trinajstić information content (AvgIpc) is 3.48. The van der Waals surface area contributed by atoms with Gasteiger partial charge in [-0.25, -0.2) is 9.78 Å². The molecule has 1 unspecified atom stereocenters. The highest BCUT2D eigenvalue weighted by atomic mass is 16.4. The van der Waals surface area contributed by atoms with Gasteiger partial charge < -0.3 is 14.8 Å². The van der Waals surface area contributed by atoms with Gasteiger partial charge in [0.25, 0.3) is 0 Å². The zero-order valence-corrected chi connectivity index (χ0v) is 18.8. The highest BCUT2D eigenvalue weighted by Gasteiger charge is 2.46. The second kappa shape index (κ2) is 7.85. The summed E-state index contributed by atoms with van der Waals surface area (Å²) in [6.45, 7) is 2.79. The summed E-state index contributed by atoms with van der Waals surface area (Å²) in [6, 6.07) is 14.7. The van der Waals surface area contributed by atoms with Gasteiger partial charge in [0.2, 0.25) is 0 Å². The molecule has 1 aromatic heterocycles. The number of anilines is 1. The van der Waals surface area contributed by atoms with Crippen LogP contribution in [0.5, 0.6) is 0 Å². The molecule has 7 nitrogen and oxygen atoms in total. The molecule has 3 aromatic rings. The maximum absolute atomic E-state index is 12.0. The van der Waals surface area contributed by atoms with Gasteiger partial charge >= 0.3 is 6.09 Å². The fourth-order valence-electron chi connectivity index (χ4n) is 6.50. The lowest BCUT2D eigenvalue weighted by molar-refractivity contribution is 0.106. The van der Waals surface area contributed by atoms with Gasteiger partial charge in [0.15, 0.2) is 0 Å². The van der Waals surface area contributed by atoms with Crippen LogP contribution in [0.4, 0.5) is 10.5 Å². The van der Waals surface area contributed by atoms with Crippen LogP contribution in [0.25, 0.3) is 11.0 Å². The number of nitrogens with zero attached hydrogens (tertiary/aromatic N) is 3. The van der Waals surface area contributed by atoms with Crippen LogP contribution < -0.4 is 10.2 Å². The molecular formula is C26H30N4O3. The smallest absolute Gasteiger partial charge is 0.412 e. The largest absolute Gasteiger partial charge is 0.465 e. The Kier molecular flexibility index (Phi) is 4.92. The number of imidazole rings is 1. The van der Waals surface area contributed by atoms with Gasteiger partial charge in [0, 0.05) is 36.5 Å². The number of hydrogen-bond acceptors (Lipinski definition) is 4. The maximum atomic E-state index is 12.0. The molecule has 172 valence electrons. The first-order chi connectivity index (χ1) is 16.0. The minimum atomic E-state index is -0.906. The van der Waals surface area contributed by atoms with Crippen molar-refractivity contribution in [2.24, 2.45) is 11.8 Å². The lowest BCUT2D eigenvalue weighted by atomic mass is 9.94. The minimum absolute atomic E-state index is 0.0417. The van der Waals surface area contributed by atoms with Crippen LogP contribution in [-0.2, 0) is 12.8 Å². The summed E-state index contributed by atoms with van der Waals surface area (Å²) in [4.78, 5) is 18.7. The zero-order chi connectivity index (χ0) is 22.7. The Balaban J connectivity index is 1.52. The standard InChI is InChI=1S/C26H30N4O3/c1-15-7-8-18-20(29(15)26(32)33)11-12-22-24(18)28-23(13-16-5-3-2-4-6-16)30(22)21-10-9-17-19(21)14-27-25(17)31/h2-6,11-12,15,17,19,21,25,27,31H,7-10,13-14H2,1H3,(H,32,33)/t15-,17-,19+,21-,25?/m0/s1. The molecule has 7 heteroatoms. The number of carbonyl (C=O) groups is 1. The van der Waals surface area contributed by atoms with E-state index >= 15 is 0 Å². The van der Waals surface area contributed by atoms with Crippen molar-refractivity contribution in [1.82, 2.24) is 14.9 Å². The van der Waals surface area contributed by atoms with Crippen molar-refractivity contribution >= 4 is 22.8 Å². The normalized spacial score (nSPS) is 28.8. The summed E-state index contributed by atoms with van der Waals surface area (Å²) < 4.78 is 2.41. The molecule has 2 fully saturated rings. The first kappa shape index (κ1) is 20.7. The second-order valence-corrected chi connectivity index (χ2v) is 9.86. The number of amides is 1. The summed E-state index contributed by atoms with van der Waals surface area (Å²) in [6.07, 6.45) is 3.05. The van der Waals surface area contributed by atoms with Crippen molar-refractivity contribution in [2.75, 3.05) is 11.4 Å². The maximum Gasteiger partial charge on any atom is 0.412 e. The van der Waals surface area contributed by atoms with Crippen molar-refractivity contribution in [3.05, 3.63) is 59.4 Å². The van der Waals surface area contributed by atoms with Crippen molar-refractivity contribution in [2.45, 2.75) is 57.3 Å². The Morgan fingerprint density at radius 1 is 1.12 bits per heavy atom. The van der Waals surface area contributed by atoms with Crippen LogP contribution >= 0.6 is 0 Å². The Morgan fingerprint density at radius 3 is 2.73 bits per heavy atom. The van der Waals surface area contributed by atoms with Gasteiger partial charge in [0.1, 0.15) is 12.1 Å².